The van der Waals surface area contributed by atoms with Crippen molar-refractivity contribution in [2.24, 2.45) is 5.92 Å². The minimum absolute atomic E-state index is 0. The number of hydrogen-bond acceptors (Lipinski definition) is 2. The van der Waals surface area contributed by atoms with E-state index < -0.39 is 17.9 Å². The Kier molecular flexibility index (Phi) is 7.11. The van der Waals surface area contributed by atoms with Gasteiger partial charge in [-0.3, -0.25) is 9.59 Å². The molecule has 1 aromatic rings. The second-order valence-corrected chi connectivity index (χ2v) is 3.82. The van der Waals surface area contributed by atoms with Crippen LogP contribution in [-0.4, -0.2) is 51.7 Å². The predicted octanol–water partition coefficient (Wildman–Crippen LogP) is 1.06. The fraction of sp³-hybridized carbons (Fsp3) is 0.333. The summed E-state index contributed by atoms with van der Waals surface area (Å²) in [5.74, 6) is -3.01. The number of carbonyl (C=O) groups is 2. The standard InChI is InChI=1S/C12H14O4.Na.H/c1-8-2-4-9(5-3-8)6-10(12(15)16)7-11(13)14;;/h2-5,10H,6-7H2,1H3,(H,13,14)(H,15,16);;. The molecule has 0 aliphatic heterocycles. The van der Waals surface area contributed by atoms with Crippen molar-refractivity contribution in [1.82, 2.24) is 0 Å². The van der Waals surface area contributed by atoms with Gasteiger partial charge >= 0.3 is 41.5 Å². The Morgan fingerprint density at radius 3 is 2.12 bits per heavy atom. The van der Waals surface area contributed by atoms with Crippen molar-refractivity contribution in [3.8, 4) is 0 Å². The maximum absolute atomic E-state index is 10.8. The van der Waals surface area contributed by atoms with Gasteiger partial charge in [-0.15, -0.1) is 0 Å². The molecule has 0 heterocycles. The third-order valence-corrected chi connectivity index (χ3v) is 2.37. The number of carboxylic acid groups (broad SMARTS) is 2. The molecule has 5 heteroatoms. The summed E-state index contributed by atoms with van der Waals surface area (Å²) in [4.78, 5) is 21.3. The molecule has 0 saturated heterocycles. The first kappa shape index (κ1) is 16.2. The quantitative estimate of drug-likeness (QED) is 0.762. The van der Waals surface area contributed by atoms with Crippen LogP contribution in [0.5, 0.6) is 0 Å². The summed E-state index contributed by atoms with van der Waals surface area (Å²) >= 11 is 0. The average molecular weight is 246 g/mol. The summed E-state index contributed by atoms with van der Waals surface area (Å²) in [7, 11) is 0. The van der Waals surface area contributed by atoms with Crippen LogP contribution in [0.1, 0.15) is 17.5 Å². The van der Waals surface area contributed by atoms with E-state index in [2.05, 4.69) is 0 Å². The van der Waals surface area contributed by atoms with E-state index in [0.717, 1.165) is 11.1 Å². The van der Waals surface area contributed by atoms with E-state index in [1.54, 1.807) is 0 Å². The van der Waals surface area contributed by atoms with E-state index in [0.29, 0.717) is 0 Å². The van der Waals surface area contributed by atoms with Crippen LogP contribution in [0.3, 0.4) is 0 Å². The van der Waals surface area contributed by atoms with Crippen LogP contribution in [-0.2, 0) is 16.0 Å². The van der Waals surface area contributed by atoms with E-state index in [9.17, 15) is 9.59 Å². The van der Waals surface area contributed by atoms with Crippen molar-refractivity contribution >= 4 is 41.5 Å². The van der Waals surface area contributed by atoms with Crippen LogP contribution in [0.2, 0.25) is 0 Å². The van der Waals surface area contributed by atoms with Crippen molar-refractivity contribution in [3.05, 3.63) is 35.4 Å². The molecule has 1 unspecified atom stereocenters. The molecule has 0 radical (unpaired) electrons. The molecule has 88 valence electrons. The molecule has 1 atom stereocenters. The van der Waals surface area contributed by atoms with Gasteiger partial charge in [0.2, 0.25) is 0 Å². The normalized spacial score (nSPS) is 11.4. The summed E-state index contributed by atoms with van der Waals surface area (Å²) in [5.41, 5.74) is 1.94. The van der Waals surface area contributed by atoms with E-state index in [1.165, 1.54) is 0 Å². The Morgan fingerprint density at radius 2 is 1.71 bits per heavy atom. The summed E-state index contributed by atoms with van der Waals surface area (Å²) in [5, 5.41) is 17.5. The van der Waals surface area contributed by atoms with Gasteiger partial charge in [0.15, 0.2) is 0 Å². The molecule has 0 aliphatic carbocycles. The van der Waals surface area contributed by atoms with Crippen LogP contribution in [0, 0.1) is 12.8 Å². The van der Waals surface area contributed by atoms with Gasteiger partial charge in [-0.1, -0.05) is 29.8 Å². The first-order valence-corrected chi connectivity index (χ1v) is 4.99. The Morgan fingerprint density at radius 1 is 1.18 bits per heavy atom. The molecule has 1 rings (SSSR count). The van der Waals surface area contributed by atoms with Gasteiger partial charge < -0.3 is 10.2 Å². The molecule has 0 aliphatic rings. The zero-order valence-corrected chi connectivity index (χ0v) is 9.01. The average Bonchev–Trinajstić information content (AvgIpc) is 2.19. The fourth-order valence-electron chi connectivity index (χ4n) is 1.47. The number of benzene rings is 1. The van der Waals surface area contributed by atoms with E-state index in [-0.39, 0.29) is 42.4 Å². The van der Waals surface area contributed by atoms with Crippen molar-refractivity contribution in [1.29, 1.82) is 0 Å². The van der Waals surface area contributed by atoms with Gasteiger partial charge in [-0.05, 0) is 18.9 Å². The van der Waals surface area contributed by atoms with E-state index in [1.807, 2.05) is 31.2 Å². The van der Waals surface area contributed by atoms with Gasteiger partial charge in [0.1, 0.15) is 0 Å². The summed E-state index contributed by atoms with van der Waals surface area (Å²) < 4.78 is 0. The molecule has 0 amide bonds. The number of rotatable bonds is 5. The van der Waals surface area contributed by atoms with Crippen molar-refractivity contribution in [2.45, 2.75) is 19.8 Å². The fourth-order valence-corrected chi connectivity index (χ4v) is 1.47. The molecular weight excluding hydrogens is 231 g/mol. The van der Waals surface area contributed by atoms with Gasteiger partial charge in [-0.2, -0.15) is 0 Å². The minimum atomic E-state index is -1.08. The first-order chi connectivity index (χ1) is 7.49. The Bertz CT molecular complexity index is 386. The topological polar surface area (TPSA) is 74.6 Å². The summed E-state index contributed by atoms with van der Waals surface area (Å²) in [6.45, 7) is 1.94. The van der Waals surface area contributed by atoms with Gasteiger partial charge in [0.25, 0.3) is 0 Å². The molecule has 0 bridgehead atoms. The molecule has 0 saturated carbocycles. The van der Waals surface area contributed by atoms with Gasteiger partial charge in [0.05, 0.1) is 12.3 Å². The second kappa shape index (κ2) is 7.48. The Hall–Kier alpha value is -0.840. The zero-order valence-electron chi connectivity index (χ0n) is 9.01. The van der Waals surface area contributed by atoms with E-state index in [4.69, 9.17) is 10.2 Å². The van der Waals surface area contributed by atoms with Gasteiger partial charge in [-0.25, -0.2) is 0 Å². The van der Waals surface area contributed by atoms with Gasteiger partial charge in [0, 0.05) is 0 Å². The molecule has 0 spiro atoms. The van der Waals surface area contributed by atoms with Crippen molar-refractivity contribution < 1.29 is 19.8 Å². The third-order valence-electron chi connectivity index (χ3n) is 2.37. The zero-order chi connectivity index (χ0) is 12.1. The number of carboxylic acids is 2. The summed E-state index contributed by atoms with van der Waals surface area (Å²) in [6, 6.07) is 7.42. The Labute approximate surface area is 122 Å². The maximum atomic E-state index is 10.8. The molecular formula is C12H15NaO4. The molecule has 0 aromatic heterocycles. The number of aliphatic carboxylic acids is 2. The van der Waals surface area contributed by atoms with Crippen LogP contribution >= 0.6 is 0 Å². The second-order valence-electron chi connectivity index (χ2n) is 3.82. The number of hydrogen-bond donors (Lipinski definition) is 2. The summed E-state index contributed by atoms with van der Waals surface area (Å²) in [6.07, 6.45) is -0.0921. The van der Waals surface area contributed by atoms with Crippen LogP contribution < -0.4 is 0 Å². The van der Waals surface area contributed by atoms with Crippen molar-refractivity contribution in [2.75, 3.05) is 0 Å². The molecule has 17 heavy (non-hydrogen) atoms. The Balaban J connectivity index is 0.00000256. The first-order valence-electron chi connectivity index (χ1n) is 4.99. The molecule has 1 aromatic carbocycles. The molecule has 2 N–H and O–H groups in total. The van der Waals surface area contributed by atoms with Crippen LogP contribution in [0.15, 0.2) is 24.3 Å². The molecule has 0 fully saturated rings. The third kappa shape index (κ3) is 5.86. The SMILES string of the molecule is Cc1ccc(CC(CC(=O)O)C(=O)O)cc1.[NaH]. The van der Waals surface area contributed by atoms with E-state index >= 15 is 0 Å². The number of aryl methyl sites for hydroxylation is 1. The van der Waals surface area contributed by atoms with Crippen LogP contribution in [0.25, 0.3) is 0 Å². The molecule has 4 nitrogen and oxygen atoms in total. The predicted molar refractivity (Wildman–Crippen MR) is 65.4 cm³/mol. The van der Waals surface area contributed by atoms with Crippen molar-refractivity contribution in [3.63, 3.8) is 0 Å². The van der Waals surface area contributed by atoms with Crippen LogP contribution in [0.4, 0.5) is 0 Å². The monoisotopic (exact) mass is 246 g/mol.